The highest BCUT2D eigenvalue weighted by Gasteiger charge is 2.20. The molecule has 0 aliphatic carbocycles. The first-order valence-corrected chi connectivity index (χ1v) is 7.02. The number of hydrogen-bond acceptors (Lipinski definition) is 3. The number of Topliss-reactive ketones (excluding diaryl/α,β-unsaturated/α-hetero) is 1. The van der Waals surface area contributed by atoms with Gasteiger partial charge in [-0.15, -0.1) is 0 Å². The van der Waals surface area contributed by atoms with Gasteiger partial charge in [-0.25, -0.2) is 0 Å². The van der Waals surface area contributed by atoms with Crippen molar-refractivity contribution in [1.82, 2.24) is 0 Å². The molecule has 1 aliphatic rings. The molecular formula is C14H17BrO3. The molecule has 1 aromatic rings. The molecule has 0 amide bonds. The minimum Gasteiger partial charge on any atom is -0.490 e. The summed E-state index contributed by atoms with van der Waals surface area (Å²) in [6.07, 6.45) is 2.14. The average Bonchev–Trinajstić information content (AvgIpc) is 2.54. The molecule has 0 saturated heterocycles. The van der Waals surface area contributed by atoms with Gasteiger partial charge < -0.3 is 9.47 Å². The van der Waals surface area contributed by atoms with E-state index in [0.717, 1.165) is 39.9 Å². The molecule has 0 N–H and O–H groups in total. The molecule has 0 aromatic heterocycles. The van der Waals surface area contributed by atoms with E-state index in [0.29, 0.717) is 19.6 Å². The highest BCUT2D eigenvalue weighted by atomic mass is 79.9. The van der Waals surface area contributed by atoms with Gasteiger partial charge in [-0.1, -0.05) is 22.9 Å². The molecule has 1 heterocycles. The van der Waals surface area contributed by atoms with Crippen LogP contribution >= 0.6 is 15.9 Å². The summed E-state index contributed by atoms with van der Waals surface area (Å²) in [5.74, 6) is 1.75. The SMILES string of the molecule is CCc1c(CC(C)=O)c(Br)cc2c1OCCCO2. The molecule has 0 spiro atoms. The second kappa shape index (κ2) is 5.74. The van der Waals surface area contributed by atoms with E-state index in [9.17, 15) is 4.79 Å². The molecule has 18 heavy (non-hydrogen) atoms. The van der Waals surface area contributed by atoms with Gasteiger partial charge in [-0.05, 0) is 25.0 Å². The number of ether oxygens (including phenoxy) is 2. The lowest BCUT2D eigenvalue weighted by Gasteiger charge is -2.17. The van der Waals surface area contributed by atoms with Gasteiger partial charge in [0.1, 0.15) is 5.78 Å². The van der Waals surface area contributed by atoms with Gasteiger partial charge in [-0.3, -0.25) is 4.79 Å². The van der Waals surface area contributed by atoms with Gasteiger partial charge >= 0.3 is 0 Å². The fraction of sp³-hybridized carbons (Fsp3) is 0.500. The van der Waals surface area contributed by atoms with Gasteiger partial charge in [0.05, 0.1) is 13.2 Å². The number of hydrogen-bond donors (Lipinski definition) is 0. The van der Waals surface area contributed by atoms with Gasteiger partial charge in [-0.2, -0.15) is 0 Å². The van der Waals surface area contributed by atoms with Crippen LogP contribution in [0.25, 0.3) is 0 Å². The number of halogens is 1. The quantitative estimate of drug-likeness (QED) is 0.859. The Morgan fingerprint density at radius 3 is 2.72 bits per heavy atom. The monoisotopic (exact) mass is 312 g/mol. The summed E-state index contributed by atoms with van der Waals surface area (Å²) >= 11 is 3.53. The fourth-order valence-corrected chi connectivity index (χ4v) is 2.78. The zero-order chi connectivity index (χ0) is 13.1. The lowest BCUT2D eigenvalue weighted by atomic mass is 9.99. The normalized spacial score (nSPS) is 14.2. The zero-order valence-electron chi connectivity index (χ0n) is 10.7. The number of carbonyl (C=O) groups excluding carboxylic acids is 1. The van der Waals surface area contributed by atoms with Crippen molar-refractivity contribution in [2.45, 2.75) is 33.1 Å². The Bertz CT molecular complexity index is 469. The molecule has 0 saturated carbocycles. The van der Waals surface area contributed by atoms with E-state index in [1.807, 2.05) is 6.07 Å². The van der Waals surface area contributed by atoms with E-state index in [2.05, 4.69) is 22.9 Å². The first-order valence-electron chi connectivity index (χ1n) is 6.22. The van der Waals surface area contributed by atoms with E-state index in [-0.39, 0.29) is 5.78 Å². The molecule has 2 rings (SSSR count). The Morgan fingerprint density at radius 1 is 1.33 bits per heavy atom. The minimum atomic E-state index is 0.153. The Morgan fingerprint density at radius 2 is 2.06 bits per heavy atom. The van der Waals surface area contributed by atoms with Crippen LogP contribution in [0.2, 0.25) is 0 Å². The highest BCUT2D eigenvalue weighted by Crippen LogP contribution is 2.40. The van der Waals surface area contributed by atoms with Gasteiger partial charge in [0, 0.05) is 22.9 Å². The third kappa shape index (κ3) is 2.69. The number of carbonyl (C=O) groups is 1. The van der Waals surface area contributed by atoms with Crippen LogP contribution in [0.5, 0.6) is 11.5 Å². The first kappa shape index (κ1) is 13.4. The van der Waals surface area contributed by atoms with Crippen LogP contribution in [0.1, 0.15) is 31.4 Å². The molecule has 4 heteroatoms. The molecule has 98 valence electrons. The predicted molar refractivity (Wildman–Crippen MR) is 73.5 cm³/mol. The van der Waals surface area contributed by atoms with Crippen molar-refractivity contribution in [3.63, 3.8) is 0 Å². The molecule has 0 radical (unpaired) electrons. The molecule has 3 nitrogen and oxygen atoms in total. The summed E-state index contributed by atoms with van der Waals surface area (Å²) in [6, 6.07) is 1.91. The molecule has 0 unspecified atom stereocenters. The maximum Gasteiger partial charge on any atom is 0.164 e. The van der Waals surface area contributed by atoms with Crippen molar-refractivity contribution in [2.75, 3.05) is 13.2 Å². The second-order valence-corrected chi connectivity index (χ2v) is 5.28. The van der Waals surface area contributed by atoms with Crippen LogP contribution < -0.4 is 9.47 Å². The molecule has 0 fully saturated rings. The summed E-state index contributed by atoms with van der Waals surface area (Å²) < 4.78 is 12.4. The Hall–Kier alpha value is -1.03. The van der Waals surface area contributed by atoms with E-state index in [1.165, 1.54) is 0 Å². The summed E-state index contributed by atoms with van der Waals surface area (Å²) in [6.45, 7) is 5.02. The average molecular weight is 313 g/mol. The maximum absolute atomic E-state index is 11.4. The number of ketones is 1. The predicted octanol–water partition coefficient (Wildman–Crippen LogP) is 3.30. The maximum atomic E-state index is 11.4. The molecular weight excluding hydrogens is 296 g/mol. The van der Waals surface area contributed by atoms with Crippen molar-refractivity contribution in [1.29, 1.82) is 0 Å². The largest absolute Gasteiger partial charge is 0.490 e. The number of fused-ring (bicyclic) bond motifs is 1. The van der Waals surface area contributed by atoms with Crippen LogP contribution in [-0.4, -0.2) is 19.0 Å². The van der Waals surface area contributed by atoms with E-state index >= 15 is 0 Å². The van der Waals surface area contributed by atoms with Crippen molar-refractivity contribution in [3.05, 3.63) is 21.7 Å². The van der Waals surface area contributed by atoms with Gasteiger partial charge in [0.15, 0.2) is 11.5 Å². The third-order valence-corrected chi connectivity index (χ3v) is 3.69. The first-order chi connectivity index (χ1) is 8.63. The molecule has 0 atom stereocenters. The van der Waals surface area contributed by atoms with E-state index < -0.39 is 0 Å². The van der Waals surface area contributed by atoms with Gasteiger partial charge in [0.25, 0.3) is 0 Å². The van der Waals surface area contributed by atoms with Crippen molar-refractivity contribution in [3.8, 4) is 11.5 Å². The van der Waals surface area contributed by atoms with Crippen LogP contribution in [0, 0.1) is 0 Å². The van der Waals surface area contributed by atoms with Crippen LogP contribution in [0.4, 0.5) is 0 Å². The van der Waals surface area contributed by atoms with Crippen LogP contribution in [0.3, 0.4) is 0 Å². The molecule has 1 aromatic carbocycles. The topological polar surface area (TPSA) is 35.5 Å². The lowest BCUT2D eigenvalue weighted by Crippen LogP contribution is -2.05. The standard InChI is InChI=1S/C14H17BrO3/c1-3-10-11(7-9(2)16)12(15)8-13-14(10)18-6-4-5-17-13/h8H,3-7H2,1-2H3. The van der Waals surface area contributed by atoms with Crippen LogP contribution in [-0.2, 0) is 17.6 Å². The summed E-state index contributed by atoms with van der Waals surface area (Å²) in [5, 5.41) is 0. The minimum absolute atomic E-state index is 0.153. The Balaban J connectivity index is 2.53. The summed E-state index contributed by atoms with van der Waals surface area (Å²) in [4.78, 5) is 11.4. The van der Waals surface area contributed by atoms with Crippen molar-refractivity contribution < 1.29 is 14.3 Å². The molecule has 1 aliphatic heterocycles. The van der Waals surface area contributed by atoms with Crippen LogP contribution in [0.15, 0.2) is 10.5 Å². The lowest BCUT2D eigenvalue weighted by molar-refractivity contribution is -0.116. The van der Waals surface area contributed by atoms with Gasteiger partial charge in [0.2, 0.25) is 0 Å². The highest BCUT2D eigenvalue weighted by molar-refractivity contribution is 9.10. The summed E-state index contributed by atoms with van der Waals surface area (Å²) in [7, 11) is 0. The van der Waals surface area contributed by atoms with E-state index in [4.69, 9.17) is 9.47 Å². The van der Waals surface area contributed by atoms with Crippen molar-refractivity contribution >= 4 is 21.7 Å². The third-order valence-electron chi connectivity index (χ3n) is 2.98. The molecule has 0 bridgehead atoms. The van der Waals surface area contributed by atoms with Crippen molar-refractivity contribution in [2.24, 2.45) is 0 Å². The van der Waals surface area contributed by atoms with E-state index in [1.54, 1.807) is 6.92 Å². The number of benzene rings is 1. The fourth-order valence-electron chi connectivity index (χ4n) is 2.19. The Labute approximate surface area is 116 Å². The number of rotatable bonds is 3. The Kier molecular flexibility index (Phi) is 4.27. The zero-order valence-corrected chi connectivity index (χ0v) is 12.3. The smallest absolute Gasteiger partial charge is 0.164 e. The summed E-state index contributed by atoms with van der Waals surface area (Å²) in [5.41, 5.74) is 2.10. The second-order valence-electron chi connectivity index (χ2n) is 4.43.